The fraction of sp³-hybridized carbons (Fsp3) is 0.429. The Kier molecular flexibility index (Phi) is 5.06. The van der Waals surface area contributed by atoms with Crippen LogP contribution in [0.3, 0.4) is 0 Å². The molecular formula is C14H19NO4. The predicted octanol–water partition coefficient (Wildman–Crippen LogP) is 1.39. The summed E-state index contributed by atoms with van der Waals surface area (Å²) in [4.78, 5) is 23.4. The molecule has 0 aliphatic rings. The Morgan fingerprint density at radius 2 is 1.74 bits per heavy atom. The second-order valence-electron chi connectivity index (χ2n) is 4.39. The second kappa shape index (κ2) is 6.33. The minimum atomic E-state index is -0.891. The van der Waals surface area contributed by atoms with E-state index in [0.717, 1.165) is 11.1 Å². The van der Waals surface area contributed by atoms with Gasteiger partial charge >= 0.3 is 5.97 Å². The summed E-state index contributed by atoms with van der Waals surface area (Å²) in [5, 5.41) is 0. The predicted molar refractivity (Wildman–Crippen MR) is 71.4 cm³/mol. The van der Waals surface area contributed by atoms with E-state index in [-0.39, 0.29) is 12.2 Å². The molecule has 1 atom stereocenters. The van der Waals surface area contributed by atoms with Gasteiger partial charge in [0.05, 0.1) is 26.7 Å². The summed E-state index contributed by atoms with van der Waals surface area (Å²) in [6.07, 6.45) is -0.125. The lowest BCUT2D eigenvalue weighted by Crippen LogP contribution is -2.34. The van der Waals surface area contributed by atoms with E-state index in [2.05, 4.69) is 4.74 Å². The number of nitrogens with two attached hydrogens (primary N) is 1. The minimum absolute atomic E-state index is 0.125. The van der Waals surface area contributed by atoms with E-state index >= 15 is 0 Å². The van der Waals surface area contributed by atoms with Crippen LogP contribution in [-0.4, -0.2) is 32.0 Å². The van der Waals surface area contributed by atoms with Crippen LogP contribution in [0.25, 0.3) is 0 Å². The molecule has 1 unspecified atom stereocenters. The van der Waals surface area contributed by atoms with Gasteiger partial charge in [-0.05, 0) is 37.1 Å². The first kappa shape index (κ1) is 15.2. The van der Waals surface area contributed by atoms with Gasteiger partial charge in [0.1, 0.15) is 5.75 Å². The van der Waals surface area contributed by atoms with Gasteiger partial charge in [-0.25, -0.2) is 0 Å². The number of rotatable bonds is 5. The molecule has 1 aromatic carbocycles. The van der Waals surface area contributed by atoms with Crippen molar-refractivity contribution in [3.05, 3.63) is 28.8 Å². The molecule has 0 aliphatic carbocycles. The Bertz CT molecular complexity index is 473. The molecular weight excluding hydrogens is 246 g/mol. The Balaban J connectivity index is 3.03. The van der Waals surface area contributed by atoms with Crippen molar-refractivity contribution in [1.29, 1.82) is 0 Å². The first-order valence-corrected chi connectivity index (χ1v) is 5.92. The van der Waals surface area contributed by atoms with Gasteiger partial charge in [0, 0.05) is 5.56 Å². The third-order valence-corrected chi connectivity index (χ3v) is 2.94. The van der Waals surface area contributed by atoms with Crippen LogP contribution < -0.4 is 10.5 Å². The van der Waals surface area contributed by atoms with Gasteiger partial charge in [0.25, 0.3) is 0 Å². The average Bonchev–Trinajstić information content (AvgIpc) is 2.37. The highest BCUT2D eigenvalue weighted by Crippen LogP contribution is 2.23. The van der Waals surface area contributed by atoms with E-state index in [1.165, 1.54) is 7.11 Å². The molecule has 0 heterocycles. The molecule has 5 nitrogen and oxygen atoms in total. The summed E-state index contributed by atoms with van der Waals surface area (Å²) in [7, 11) is 2.84. The van der Waals surface area contributed by atoms with Gasteiger partial charge < -0.3 is 15.2 Å². The molecule has 0 bridgehead atoms. The van der Waals surface area contributed by atoms with Gasteiger partial charge in [-0.1, -0.05) is 0 Å². The summed E-state index contributed by atoms with van der Waals surface area (Å²) < 4.78 is 9.65. The van der Waals surface area contributed by atoms with Crippen molar-refractivity contribution in [1.82, 2.24) is 0 Å². The van der Waals surface area contributed by atoms with Crippen LogP contribution in [-0.2, 0) is 9.53 Å². The van der Waals surface area contributed by atoms with Crippen LogP contribution in [0.15, 0.2) is 12.1 Å². The number of ether oxygens (including phenoxy) is 2. The lowest BCUT2D eigenvalue weighted by molar-refractivity contribution is -0.140. The number of methoxy groups -OCH3 is 2. The highest BCUT2D eigenvalue weighted by Gasteiger charge is 2.23. The van der Waals surface area contributed by atoms with Crippen LogP contribution in [0.5, 0.6) is 5.75 Å². The molecule has 0 aromatic heterocycles. The number of hydrogen-bond donors (Lipinski definition) is 1. The summed E-state index contributed by atoms with van der Waals surface area (Å²) >= 11 is 0. The van der Waals surface area contributed by atoms with Crippen LogP contribution in [0, 0.1) is 13.8 Å². The minimum Gasteiger partial charge on any atom is -0.497 e. The number of benzene rings is 1. The summed E-state index contributed by atoms with van der Waals surface area (Å²) in [6, 6.07) is 2.65. The van der Waals surface area contributed by atoms with Gasteiger partial charge in [-0.2, -0.15) is 0 Å². The SMILES string of the molecule is COC(=O)CC(N)C(=O)c1c(C)cc(OC)cc1C. The van der Waals surface area contributed by atoms with Crippen molar-refractivity contribution in [2.45, 2.75) is 26.3 Å². The standard InChI is InChI=1S/C14H19NO4/c1-8-5-10(18-3)6-9(2)13(8)14(17)11(15)7-12(16)19-4/h5-6,11H,7,15H2,1-4H3. The van der Waals surface area contributed by atoms with Gasteiger partial charge in [0.2, 0.25) is 0 Å². The Labute approximate surface area is 112 Å². The summed E-state index contributed by atoms with van der Waals surface area (Å²) in [5.74, 6) is -0.0687. The topological polar surface area (TPSA) is 78.6 Å². The third kappa shape index (κ3) is 3.54. The van der Waals surface area contributed by atoms with Crippen LogP contribution in [0.2, 0.25) is 0 Å². The molecule has 19 heavy (non-hydrogen) atoms. The second-order valence-corrected chi connectivity index (χ2v) is 4.39. The lowest BCUT2D eigenvalue weighted by Gasteiger charge is -2.15. The number of carbonyl (C=O) groups is 2. The van der Waals surface area contributed by atoms with E-state index in [9.17, 15) is 9.59 Å². The van der Waals surface area contributed by atoms with Crippen molar-refractivity contribution in [3.63, 3.8) is 0 Å². The van der Waals surface area contributed by atoms with Gasteiger partial charge in [0.15, 0.2) is 5.78 Å². The number of hydrogen-bond acceptors (Lipinski definition) is 5. The molecule has 0 spiro atoms. The molecule has 2 N–H and O–H groups in total. The van der Waals surface area contributed by atoms with E-state index in [0.29, 0.717) is 11.3 Å². The van der Waals surface area contributed by atoms with Crippen LogP contribution in [0.1, 0.15) is 27.9 Å². The maximum atomic E-state index is 12.3. The zero-order valence-electron chi connectivity index (χ0n) is 11.6. The number of Topliss-reactive ketones (excluding diaryl/α,β-unsaturated/α-hetero) is 1. The van der Waals surface area contributed by atoms with Crippen LogP contribution in [0.4, 0.5) is 0 Å². The number of aryl methyl sites for hydroxylation is 2. The van der Waals surface area contributed by atoms with Gasteiger partial charge in [-0.15, -0.1) is 0 Å². The monoisotopic (exact) mass is 265 g/mol. The molecule has 0 radical (unpaired) electrons. The highest BCUT2D eigenvalue weighted by molar-refractivity contribution is 6.04. The molecule has 1 aromatic rings. The molecule has 0 saturated carbocycles. The normalized spacial score (nSPS) is 11.8. The smallest absolute Gasteiger partial charge is 0.307 e. The van der Waals surface area contributed by atoms with E-state index in [1.54, 1.807) is 19.2 Å². The Morgan fingerprint density at radius 3 is 2.16 bits per heavy atom. The summed E-state index contributed by atoms with van der Waals surface area (Å²) in [5.41, 5.74) is 7.85. The van der Waals surface area contributed by atoms with Crippen molar-refractivity contribution < 1.29 is 19.1 Å². The fourth-order valence-electron chi connectivity index (χ4n) is 1.97. The molecule has 0 amide bonds. The molecule has 104 valence electrons. The molecule has 0 aliphatic heterocycles. The zero-order valence-corrected chi connectivity index (χ0v) is 11.6. The van der Waals surface area contributed by atoms with E-state index in [4.69, 9.17) is 10.5 Å². The Hall–Kier alpha value is -1.88. The number of esters is 1. The van der Waals surface area contributed by atoms with Crippen LogP contribution >= 0.6 is 0 Å². The number of carbonyl (C=O) groups excluding carboxylic acids is 2. The maximum Gasteiger partial charge on any atom is 0.307 e. The van der Waals surface area contributed by atoms with Crippen molar-refractivity contribution in [2.75, 3.05) is 14.2 Å². The maximum absolute atomic E-state index is 12.3. The highest BCUT2D eigenvalue weighted by atomic mass is 16.5. The molecule has 0 fully saturated rings. The Morgan fingerprint density at radius 1 is 1.21 bits per heavy atom. The van der Waals surface area contributed by atoms with Crippen molar-refractivity contribution in [3.8, 4) is 5.75 Å². The average molecular weight is 265 g/mol. The van der Waals surface area contributed by atoms with Gasteiger partial charge in [-0.3, -0.25) is 9.59 Å². The molecule has 5 heteroatoms. The zero-order chi connectivity index (χ0) is 14.6. The quantitative estimate of drug-likeness (QED) is 0.643. The van der Waals surface area contributed by atoms with Crippen molar-refractivity contribution >= 4 is 11.8 Å². The lowest BCUT2D eigenvalue weighted by atomic mass is 9.94. The largest absolute Gasteiger partial charge is 0.497 e. The number of ketones is 1. The molecule has 0 saturated heterocycles. The first-order chi connectivity index (χ1) is 8.90. The fourth-order valence-corrected chi connectivity index (χ4v) is 1.97. The van der Waals surface area contributed by atoms with Crippen molar-refractivity contribution in [2.24, 2.45) is 5.73 Å². The van der Waals surface area contributed by atoms with E-state index < -0.39 is 12.0 Å². The summed E-state index contributed by atoms with van der Waals surface area (Å²) in [6.45, 7) is 3.63. The van der Waals surface area contributed by atoms with E-state index in [1.807, 2.05) is 13.8 Å². The third-order valence-electron chi connectivity index (χ3n) is 2.94. The molecule has 1 rings (SSSR count). The first-order valence-electron chi connectivity index (χ1n) is 5.92.